The van der Waals surface area contributed by atoms with Gasteiger partial charge in [0, 0.05) is 78.3 Å². The number of carbonyl (C=O) groups excluding carboxylic acids is 9. The average molecular weight is 1240 g/mol. The average Bonchev–Trinajstić information content (AvgIpc) is 2.23. The maximum atomic E-state index is 14.4. The van der Waals surface area contributed by atoms with Crippen molar-refractivity contribution in [2.45, 2.75) is 107 Å². The van der Waals surface area contributed by atoms with Gasteiger partial charge in [0.05, 0.1) is 70.2 Å². The molecule has 4 aliphatic heterocycles. The summed E-state index contributed by atoms with van der Waals surface area (Å²) in [6.07, 6.45) is -0.0431. The number of esters is 1. The number of nitrogens with one attached hydrogen (secondary N) is 4. The van der Waals surface area contributed by atoms with E-state index in [0.29, 0.717) is 17.9 Å². The van der Waals surface area contributed by atoms with Gasteiger partial charge in [0.1, 0.15) is 60.5 Å². The Morgan fingerprint density at radius 3 is 2.16 bits per heavy atom. The number of ether oxygens (including phenoxy) is 9. The van der Waals surface area contributed by atoms with Crippen LogP contribution < -0.4 is 36.8 Å². The Balaban J connectivity index is 1.06. The first-order valence-corrected chi connectivity index (χ1v) is 29.1. The second-order valence-electron chi connectivity index (χ2n) is 20.8. The van der Waals surface area contributed by atoms with Gasteiger partial charge in [-0.15, -0.1) is 11.8 Å². The van der Waals surface area contributed by atoms with Crippen molar-refractivity contribution in [2.24, 2.45) is 11.8 Å². The van der Waals surface area contributed by atoms with Crippen LogP contribution in [-0.2, 0) is 87.5 Å². The van der Waals surface area contributed by atoms with Crippen LogP contribution in [0.1, 0.15) is 58.9 Å². The Morgan fingerprint density at radius 1 is 0.918 bits per heavy atom. The molecule has 474 valence electrons. The number of likely N-dealkylation sites (tertiary alicyclic amines) is 1. The minimum Gasteiger partial charge on any atom is -0.495 e. The molecule has 7 N–H and O–H groups in total. The summed E-state index contributed by atoms with van der Waals surface area (Å²) in [6, 6.07) is 2.33. The van der Waals surface area contributed by atoms with E-state index in [1.54, 1.807) is 38.1 Å². The zero-order valence-corrected chi connectivity index (χ0v) is 50.8. The second kappa shape index (κ2) is 33.8. The highest BCUT2D eigenvalue weighted by molar-refractivity contribution is 8.00. The summed E-state index contributed by atoms with van der Waals surface area (Å²) in [5.74, 6) is 0.685. The Morgan fingerprint density at radius 2 is 1.54 bits per heavy atom. The number of alkyl carbamates (subject to hydrolysis) is 1. The zero-order valence-electron chi connectivity index (χ0n) is 49.3. The van der Waals surface area contributed by atoms with Crippen LogP contribution in [0.25, 0.3) is 0 Å². The van der Waals surface area contributed by atoms with Crippen molar-refractivity contribution in [1.29, 1.82) is 0 Å². The smallest absolute Gasteiger partial charge is 0.409 e. The van der Waals surface area contributed by atoms with Gasteiger partial charge in [-0.3, -0.25) is 48.6 Å². The molecule has 3 unspecified atom stereocenters. The number of thioether (sulfide) groups is 1. The van der Waals surface area contributed by atoms with E-state index >= 15 is 0 Å². The number of fused-ring (bicyclic) bond motifs is 5. The van der Waals surface area contributed by atoms with E-state index in [4.69, 9.17) is 60.1 Å². The quantitative estimate of drug-likeness (QED) is 0.0195. The molecule has 30 heteroatoms. The van der Waals surface area contributed by atoms with Crippen molar-refractivity contribution in [3.63, 3.8) is 0 Å². The number of nitrogens with zero attached hydrogens (tertiary/aromatic N) is 3. The van der Waals surface area contributed by atoms with Crippen LogP contribution >= 0.6 is 23.4 Å². The fourth-order valence-corrected chi connectivity index (χ4v) is 11.0. The maximum absolute atomic E-state index is 14.4. The molecule has 5 rings (SSSR count). The van der Waals surface area contributed by atoms with Gasteiger partial charge in [-0.1, -0.05) is 42.3 Å². The number of imide groups is 1. The molecule has 9 atom stereocenters. The molecule has 4 aliphatic rings. The lowest BCUT2D eigenvalue weighted by molar-refractivity contribution is -0.162. The minimum absolute atomic E-state index is 0.0239. The number of likely N-dealkylation sites (N-methyl/N-ethyl adjacent to an activating group) is 1. The third-order valence-electron chi connectivity index (χ3n) is 14.6. The zero-order chi connectivity index (χ0) is 62.4. The van der Waals surface area contributed by atoms with Crippen molar-refractivity contribution in [1.82, 2.24) is 31.1 Å². The predicted molar refractivity (Wildman–Crippen MR) is 306 cm³/mol. The molecule has 28 nitrogen and oxygen atoms in total. The SMILES string of the molecule is COc1cc2cc(c1Cl)N(C)C(=O)C[C@H](OC(=O)[C@H](C)N(C)C(=O)CCSC1CC(=O)N(CCNC(=O)COCCOCCNC(=O)COCCOCCNC(=O)CON)C1=O)C1(C)O[C@H]1C(C)[C@@H]1C[C@@](O)(NC(=O)O1)[C@H](OC)/C=C/C=C(\C)C2. The molecule has 85 heavy (non-hydrogen) atoms. The molecule has 3 saturated heterocycles. The number of aliphatic hydroxyl groups is 1. The Labute approximate surface area is 502 Å². The number of rotatable bonds is 30. The van der Waals surface area contributed by atoms with Gasteiger partial charge in [0.15, 0.2) is 5.72 Å². The van der Waals surface area contributed by atoms with Crippen LogP contribution in [0.4, 0.5) is 10.5 Å². The number of nitrogens with two attached hydrogens (primary N) is 1. The van der Waals surface area contributed by atoms with E-state index in [-0.39, 0.29) is 127 Å². The molecule has 4 bridgehead atoms. The topological polar surface area (TPSA) is 353 Å². The summed E-state index contributed by atoms with van der Waals surface area (Å²) in [5, 5.41) is 21.5. The molecular weight excluding hydrogens is 1160 g/mol. The number of allylic oxidation sites excluding steroid dienone is 3. The van der Waals surface area contributed by atoms with Crippen LogP contribution in [0.3, 0.4) is 0 Å². The van der Waals surface area contributed by atoms with Crippen molar-refractivity contribution in [3.05, 3.63) is 46.5 Å². The molecule has 1 aromatic rings. The largest absolute Gasteiger partial charge is 0.495 e. The molecule has 3 fully saturated rings. The number of hydrogen-bond acceptors (Lipinski definition) is 22. The van der Waals surface area contributed by atoms with E-state index in [1.165, 1.54) is 45.0 Å². The number of amides is 8. The summed E-state index contributed by atoms with van der Waals surface area (Å²) in [4.78, 5) is 125. The Kier molecular flexibility index (Phi) is 27.7. The molecule has 4 heterocycles. The van der Waals surface area contributed by atoms with Gasteiger partial charge in [0.25, 0.3) is 0 Å². The van der Waals surface area contributed by atoms with E-state index in [2.05, 4.69) is 26.1 Å². The summed E-state index contributed by atoms with van der Waals surface area (Å²) >= 11 is 7.93. The molecule has 0 saturated carbocycles. The van der Waals surface area contributed by atoms with Gasteiger partial charge in [0.2, 0.25) is 41.4 Å². The van der Waals surface area contributed by atoms with Crippen LogP contribution in [0.5, 0.6) is 5.75 Å². The number of halogens is 1. The molecule has 0 aliphatic carbocycles. The number of benzene rings is 1. The Hall–Kier alpha value is -5.99. The standard InChI is InChI=1S/C55H81ClN8O20S/c1-33-10-9-11-41(76-8)55(74)29-39(82-53(73)61-55)34(2)50-54(4,84-50)42(28-47(69)63(6)37-25-36(24-33)26-38(75-7)49(37)56)83-52(72)35(3)62(5)46(68)12-23-85-40-27-48(70)64(51(40)71)16-13-58-43(65)30-79-21-19-77-17-14-59-44(66)31-80-22-20-78-18-15-60-45(67)32-81-57/h9-11,25-26,34-35,39-42,50,74H,12-24,27-32,57H2,1-8H3,(H,58,65)(H,59,66)(H,60,67)(H,61,73)/b11-9+,33-10+/t34?,35-,39-,40?,41+,42-,50-,54?,55-/m0/s1. The van der Waals surface area contributed by atoms with E-state index < -0.39 is 101 Å². The maximum Gasteiger partial charge on any atom is 0.409 e. The molecule has 1 aromatic carbocycles. The second-order valence-corrected chi connectivity index (χ2v) is 22.5. The first kappa shape index (κ1) is 69.8. The third-order valence-corrected chi connectivity index (χ3v) is 16.2. The third kappa shape index (κ3) is 20.6. The number of epoxide rings is 1. The first-order valence-electron chi connectivity index (χ1n) is 27.7. The molecule has 8 amide bonds. The van der Waals surface area contributed by atoms with Gasteiger partial charge in [-0.25, -0.2) is 15.5 Å². The molecule has 0 radical (unpaired) electrons. The van der Waals surface area contributed by atoms with Gasteiger partial charge in [-0.05, 0) is 44.9 Å². The van der Waals surface area contributed by atoms with E-state index in [1.807, 2.05) is 13.0 Å². The first-order chi connectivity index (χ1) is 40.5. The van der Waals surface area contributed by atoms with Crippen molar-refractivity contribution in [2.75, 3.05) is 125 Å². The van der Waals surface area contributed by atoms with Crippen molar-refractivity contribution < 1.29 is 95.7 Å². The lowest BCUT2D eigenvalue weighted by atomic mass is 9.83. The van der Waals surface area contributed by atoms with Crippen LogP contribution in [0.2, 0.25) is 5.02 Å². The predicted octanol–water partition coefficient (Wildman–Crippen LogP) is 0.0706. The number of carbonyl (C=O) groups is 9. The highest BCUT2D eigenvalue weighted by atomic mass is 35.5. The monoisotopic (exact) mass is 1240 g/mol. The Bertz CT molecular complexity index is 2580. The lowest BCUT2D eigenvalue weighted by Gasteiger charge is -2.42. The summed E-state index contributed by atoms with van der Waals surface area (Å²) in [7, 11) is 5.80. The normalized spacial score (nSPS) is 25.6. The van der Waals surface area contributed by atoms with Crippen LogP contribution in [0, 0.1) is 5.92 Å². The summed E-state index contributed by atoms with van der Waals surface area (Å²) in [6.45, 7) is 7.48. The summed E-state index contributed by atoms with van der Waals surface area (Å²) in [5.41, 5.74) is -1.27. The summed E-state index contributed by atoms with van der Waals surface area (Å²) < 4.78 is 50.6. The van der Waals surface area contributed by atoms with Gasteiger partial charge in [-0.2, -0.15) is 0 Å². The minimum atomic E-state index is -1.90. The van der Waals surface area contributed by atoms with Crippen molar-refractivity contribution in [3.8, 4) is 5.75 Å². The number of anilines is 1. The van der Waals surface area contributed by atoms with Crippen LogP contribution in [-0.4, -0.2) is 235 Å². The molecule has 0 aromatic heterocycles. The lowest BCUT2D eigenvalue weighted by Crippen LogP contribution is -2.63. The van der Waals surface area contributed by atoms with Gasteiger partial charge < -0.3 is 73.5 Å². The number of hydrogen-bond donors (Lipinski definition) is 6. The fraction of sp³-hybridized carbons (Fsp3) is 0.655. The fourth-order valence-electron chi connectivity index (χ4n) is 9.53. The van der Waals surface area contributed by atoms with E-state index in [9.17, 15) is 48.3 Å². The van der Waals surface area contributed by atoms with E-state index in [0.717, 1.165) is 27.8 Å². The molecule has 0 spiro atoms. The highest BCUT2D eigenvalue weighted by Crippen LogP contribution is 2.49. The van der Waals surface area contributed by atoms with Crippen molar-refractivity contribution >= 4 is 82.5 Å². The molecular formula is C55H81ClN8O20S. The highest BCUT2D eigenvalue weighted by Gasteiger charge is 2.64. The van der Waals surface area contributed by atoms with Gasteiger partial charge >= 0.3 is 12.1 Å². The number of methoxy groups -OCH3 is 2. The van der Waals surface area contributed by atoms with Crippen LogP contribution in [0.15, 0.2) is 35.9 Å².